The van der Waals surface area contributed by atoms with Crippen LogP contribution in [0.5, 0.6) is 0 Å². The van der Waals surface area contributed by atoms with Crippen LogP contribution in [0.15, 0.2) is 24.3 Å². The van der Waals surface area contributed by atoms with Gasteiger partial charge in [0.15, 0.2) is 0 Å². The minimum atomic E-state index is 0.154. The third kappa shape index (κ3) is 3.06. The van der Waals surface area contributed by atoms with Crippen LogP contribution in [-0.2, 0) is 13.0 Å². The molecule has 0 saturated carbocycles. The molecule has 1 N–H and O–H groups in total. The van der Waals surface area contributed by atoms with E-state index in [9.17, 15) is 0 Å². The number of likely N-dealkylation sites (tertiary alicyclic amines) is 1. The molecule has 0 aliphatic carbocycles. The first-order chi connectivity index (χ1) is 7.78. The Morgan fingerprint density at radius 3 is 2.62 bits per heavy atom. The van der Waals surface area contributed by atoms with Crippen molar-refractivity contribution >= 4 is 0 Å². The minimum Gasteiger partial charge on any atom is -0.392 e. The summed E-state index contributed by atoms with van der Waals surface area (Å²) >= 11 is 0. The molecular formula is C14H21NO. The van der Waals surface area contributed by atoms with Gasteiger partial charge in [0.05, 0.1) is 6.61 Å². The molecule has 0 atom stereocenters. The quantitative estimate of drug-likeness (QED) is 0.841. The summed E-state index contributed by atoms with van der Waals surface area (Å²) in [5.74, 6) is 0.824. The minimum absolute atomic E-state index is 0.154. The van der Waals surface area contributed by atoms with Gasteiger partial charge in [-0.15, -0.1) is 0 Å². The SMILES string of the molecule is CN1CCC(Cc2cccc(CO)c2)CC1. The van der Waals surface area contributed by atoms with E-state index in [2.05, 4.69) is 30.1 Å². The number of rotatable bonds is 3. The van der Waals surface area contributed by atoms with Crippen molar-refractivity contribution in [3.8, 4) is 0 Å². The highest BCUT2D eigenvalue weighted by molar-refractivity contribution is 5.23. The summed E-state index contributed by atoms with van der Waals surface area (Å²) in [4.78, 5) is 2.40. The maximum absolute atomic E-state index is 9.10. The van der Waals surface area contributed by atoms with E-state index < -0.39 is 0 Å². The van der Waals surface area contributed by atoms with Crippen LogP contribution in [0.25, 0.3) is 0 Å². The summed E-state index contributed by atoms with van der Waals surface area (Å²) in [7, 11) is 2.20. The summed E-state index contributed by atoms with van der Waals surface area (Å²) in [6, 6.07) is 8.35. The first-order valence-corrected chi connectivity index (χ1v) is 6.15. The molecule has 2 nitrogen and oxygen atoms in total. The third-order valence-electron chi connectivity index (χ3n) is 3.54. The molecule has 0 bridgehead atoms. The van der Waals surface area contributed by atoms with Crippen molar-refractivity contribution in [2.45, 2.75) is 25.9 Å². The number of aliphatic hydroxyl groups is 1. The van der Waals surface area contributed by atoms with E-state index in [0.29, 0.717) is 0 Å². The zero-order valence-corrected chi connectivity index (χ0v) is 10.0. The molecule has 0 aromatic heterocycles. The first-order valence-electron chi connectivity index (χ1n) is 6.15. The second-order valence-electron chi connectivity index (χ2n) is 4.93. The number of hydrogen-bond acceptors (Lipinski definition) is 2. The van der Waals surface area contributed by atoms with Crippen LogP contribution in [-0.4, -0.2) is 30.1 Å². The van der Waals surface area contributed by atoms with Gasteiger partial charge in [-0.25, -0.2) is 0 Å². The van der Waals surface area contributed by atoms with E-state index in [1.165, 1.54) is 37.9 Å². The van der Waals surface area contributed by atoms with Gasteiger partial charge in [-0.2, -0.15) is 0 Å². The number of nitrogens with zero attached hydrogens (tertiary/aromatic N) is 1. The molecule has 1 heterocycles. The second-order valence-corrected chi connectivity index (χ2v) is 4.93. The summed E-state index contributed by atoms with van der Waals surface area (Å²) in [6.07, 6.45) is 3.78. The van der Waals surface area contributed by atoms with Gasteiger partial charge in [-0.05, 0) is 56.4 Å². The Hall–Kier alpha value is -0.860. The molecule has 88 valence electrons. The zero-order chi connectivity index (χ0) is 11.4. The smallest absolute Gasteiger partial charge is 0.0681 e. The van der Waals surface area contributed by atoms with Crippen LogP contribution in [0.4, 0.5) is 0 Å². The van der Waals surface area contributed by atoms with Gasteiger partial charge in [-0.1, -0.05) is 24.3 Å². The fourth-order valence-electron chi connectivity index (χ4n) is 2.45. The highest BCUT2D eigenvalue weighted by Crippen LogP contribution is 2.21. The lowest BCUT2D eigenvalue weighted by atomic mass is 9.90. The molecule has 1 fully saturated rings. The molecule has 1 aliphatic heterocycles. The fraction of sp³-hybridized carbons (Fsp3) is 0.571. The van der Waals surface area contributed by atoms with E-state index in [-0.39, 0.29) is 6.61 Å². The van der Waals surface area contributed by atoms with Gasteiger partial charge in [0, 0.05) is 0 Å². The van der Waals surface area contributed by atoms with Gasteiger partial charge in [0.1, 0.15) is 0 Å². The lowest BCUT2D eigenvalue weighted by Gasteiger charge is -2.29. The molecule has 2 rings (SSSR count). The lowest BCUT2D eigenvalue weighted by molar-refractivity contribution is 0.219. The number of aliphatic hydroxyl groups excluding tert-OH is 1. The van der Waals surface area contributed by atoms with Gasteiger partial charge in [0.25, 0.3) is 0 Å². The zero-order valence-electron chi connectivity index (χ0n) is 10.0. The predicted molar refractivity (Wildman–Crippen MR) is 66.3 cm³/mol. The fourth-order valence-corrected chi connectivity index (χ4v) is 2.45. The van der Waals surface area contributed by atoms with Crippen molar-refractivity contribution in [2.75, 3.05) is 20.1 Å². The van der Waals surface area contributed by atoms with Gasteiger partial charge >= 0.3 is 0 Å². The molecular weight excluding hydrogens is 198 g/mol. The number of benzene rings is 1. The van der Waals surface area contributed by atoms with Crippen molar-refractivity contribution < 1.29 is 5.11 Å². The molecule has 0 spiro atoms. The van der Waals surface area contributed by atoms with Crippen LogP contribution in [0.3, 0.4) is 0 Å². The van der Waals surface area contributed by atoms with Crippen molar-refractivity contribution in [3.05, 3.63) is 35.4 Å². The van der Waals surface area contributed by atoms with Crippen LogP contribution < -0.4 is 0 Å². The van der Waals surface area contributed by atoms with Crippen molar-refractivity contribution in [2.24, 2.45) is 5.92 Å². The highest BCUT2D eigenvalue weighted by Gasteiger charge is 2.16. The van der Waals surface area contributed by atoms with E-state index in [4.69, 9.17) is 5.11 Å². The van der Waals surface area contributed by atoms with E-state index in [0.717, 1.165) is 11.5 Å². The summed E-state index contributed by atoms with van der Waals surface area (Å²) in [5, 5.41) is 9.10. The van der Waals surface area contributed by atoms with Crippen LogP contribution in [0, 0.1) is 5.92 Å². The Kier molecular flexibility index (Phi) is 3.97. The molecule has 2 heteroatoms. The topological polar surface area (TPSA) is 23.5 Å². The third-order valence-corrected chi connectivity index (χ3v) is 3.54. The Bertz CT molecular complexity index is 329. The van der Waals surface area contributed by atoms with Crippen molar-refractivity contribution in [1.29, 1.82) is 0 Å². The summed E-state index contributed by atoms with van der Waals surface area (Å²) in [6.45, 7) is 2.61. The van der Waals surface area contributed by atoms with E-state index in [1.54, 1.807) is 0 Å². The van der Waals surface area contributed by atoms with Crippen molar-refractivity contribution in [3.63, 3.8) is 0 Å². The Morgan fingerprint density at radius 2 is 1.94 bits per heavy atom. The largest absolute Gasteiger partial charge is 0.392 e. The number of hydrogen-bond donors (Lipinski definition) is 1. The molecule has 1 aromatic carbocycles. The highest BCUT2D eigenvalue weighted by atomic mass is 16.3. The standard InChI is InChI=1S/C14H21NO/c1-15-7-5-12(6-8-15)9-13-3-2-4-14(10-13)11-16/h2-4,10,12,16H,5-9,11H2,1H3. The van der Waals surface area contributed by atoms with Crippen molar-refractivity contribution in [1.82, 2.24) is 4.90 Å². The second kappa shape index (κ2) is 5.46. The Balaban J connectivity index is 1.93. The van der Waals surface area contributed by atoms with Gasteiger partial charge < -0.3 is 10.0 Å². The maximum Gasteiger partial charge on any atom is 0.0681 e. The van der Waals surface area contributed by atoms with E-state index in [1.807, 2.05) is 6.07 Å². The maximum atomic E-state index is 9.10. The lowest BCUT2D eigenvalue weighted by Crippen LogP contribution is -2.30. The normalized spacial score (nSPS) is 18.9. The summed E-state index contributed by atoms with van der Waals surface area (Å²) < 4.78 is 0. The van der Waals surface area contributed by atoms with Gasteiger partial charge in [0.2, 0.25) is 0 Å². The molecule has 0 amide bonds. The van der Waals surface area contributed by atoms with Gasteiger partial charge in [-0.3, -0.25) is 0 Å². The number of piperidine rings is 1. The molecule has 0 unspecified atom stereocenters. The first kappa shape index (κ1) is 11.6. The molecule has 16 heavy (non-hydrogen) atoms. The average molecular weight is 219 g/mol. The Morgan fingerprint density at radius 1 is 1.25 bits per heavy atom. The molecule has 0 radical (unpaired) electrons. The molecule has 1 saturated heterocycles. The monoisotopic (exact) mass is 219 g/mol. The molecule has 1 aliphatic rings. The van der Waals surface area contributed by atoms with Crippen LogP contribution >= 0.6 is 0 Å². The molecule has 1 aromatic rings. The predicted octanol–water partition coefficient (Wildman–Crippen LogP) is 2.06. The van der Waals surface area contributed by atoms with Crippen LogP contribution in [0.1, 0.15) is 24.0 Å². The Labute approximate surface area is 97.9 Å². The average Bonchev–Trinajstić information content (AvgIpc) is 2.32. The van der Waals surface area contributed by atoms with E-state index >= 15 is 0 Å². The summed E-state index contributed by atoms with van der Waals surface area (Å²) in [5.41, 5.74) is 2.41. The van der Waals surface area contributed by atoms with Crippen LogP contribution in [0.2, 0.25) is 0 Å².